The lowest BCUT2D eigenvalue weighted by Crippen LogP contribution is -2.09. The lowest BCUT2D eigenvalue weighted by atomic mass is 10.2. The quantitative estimate of drug-likeness (QED) is 0.670. The summed E-state index contributed by atoms with van der Waals surface area (Å²) >= 11 is 10.1. The molecule has 0 atom stereocenters. The Morgan fingerprint density at radius 3 is 2.30 bits per heavy atom. The number of hydrogen-bond donors (Lipinski definition) is 0. The molecule has 0 rings (SSSR count). The highest BCUT2D eigenvalue weighted by atomic mass is 79.9. The van der Waals surface area contributed by atoms with Gasteiger partial charge in [0.25, 0.3) is 0 Å². The van der Waals surface area contributed by atoms with Gasteiger partial charge in [0.15, 0.2) is 0 Å². The van der Waals surface area contributed by atoms with Crippen molar-refractivity contribution < 1.29 is 0 Å². The molecular weight excluding hydrogens is 324 g/mol. The molecule has 0 aromatic heterocycles. The third-order valence-electron chi connectivity index (χ3n) is 1.19. The van der Waals surface area contributed by atoms with Crippen LogP contribution in [0.5, 0.6) is 0 Å². The molecule has 0 saturated carbocycles. The molecule has 0 saturated heterocycles. The van der Waals surface area contributed by atoms with Gasteiger partial charge in [0.1, 0.15) is 3.23 Å². The highest BCUT2D eigenvalue weighted by Gasteiger charge is 2.23. The fraction of sp³-hybridized carbons (Fsp3) is 0.714. The molecule has 0 aromatic carbocycles. The van der Waals surface area contributed by atoms with Gasteiger partial charge in [-0.3, -0.25) is 0 Å². The van der Waals surface area contributed by atoms with Crippen LogP contribution in [0.4, 0.5) is 0 Å². The van der Waals surface area contributed by atoms with Crippen molar-refractivity contribution in [3.63, 3.8) is 0 Å². The van der Waals surface area contributed by atoms with Crippen LogP contribution in [0, 0.1) is 6.58 Å². The summed E-state index contributed by atoms with van der Waals surface area (Å²) in [4.78, 5) is 0. The largest absolute Gasteiger partial charge is 0.112 e. The van der Waals surface area contributed by atoms with E-state index in [9.17, 15) is 0 Å². The van der Waals surface area contributed by atoms with Crippen molar-refractivity contribution in [3.05, 3.63) is 11.1 Å². The van der Waals surface area contributed by atoms with Gasteiger partial charge in [-0.1, -0.05) is 67.6 Å². The number of rotatable bonds is 4. The first-order valence-electron chi connectivity index (χ1n) is 3.17. The molecule has 0 bridgehead atoms. The molecule has 0 N–H and O–H groups in total. The van der Waals surface area contributed by atoms with E-state index in [0.717, 1.165) is 12.8 Å². The highest BCUT2D eigenvalue weighted by molar-refractivity contribution is 9.26. The summed E-state index contributed by atoms with van der Waals surface area (Å²) in [5, 5.41) is 0. The van der Waals surface area contributed by atoms with Gasteiger partial charge in [0.05, 0.1) is 0 Å². The van der Waals surface area contributed by atoms with Gasteiger partial charge < -0.3 is 0 Å². The molecule has 0 fully saturated rings. The van der Waals surface area contributed by atoms with Crippen molar-refractivity contribution in [1.82, 2.24) is 0 Å². The average Bonchev–Trinajstić information content (AvgIpc) is 1.84. The van der Waals surface area contributed by atoms with Crippen LogP contribution in [0.2, 0.25) is 0 Å². The maximum atomic E-state index is 5.55. The van der Waals surface area contributed by atoms with Crippen LogP contribution in [0.15, 0.2) is 4.48 Å². The van der Waals surface area contributed by atoms with Gasteiger partial charge in [-0.2, -0.15) is 0 Å². The Bertz CT molecular complexity index is 118. The van der Waals surface area contributed by atoms with E-state index >= 15 is 0 Å². The Morgan fingerprint density at radius 2 is 2.00 bits per heavy atom. The van der Waals surface area contributed by atoms with Crippen molar-refractivity contribution in [2.24, 2.45) is 0 Å². The minimum absolute atomic E-state index is 0.212. The smallest absolute Gasteiger partial charge is 0.0668 e. The lowest BCUT2D eigenvalue weighted by Gasteiger charge is -2.17. The Morgan fingerprint density at radius 1 is 1.50 bits per heavy atom. The van der Waals surface area contributed by atoms with Crippen LogP contribution in [0.25, 0.3) is 0 Å². The Hall–Kier alpha value is 1.18. The number of hydrogen-bond acceptors (Lipinski definition) is 0. The lowest BCUT2D eigenvalue weighted by molar-refractivity contribution is 0.724. The van der Waals surface area contributed by atoms with E-state index in [1.807, 2.05) is 0 Å². The summed E-state index contributed by atoms with van der Waals surface area (Å²) in [5.74, 6) is 0. The predicted octanol–water partition coefficient (Wildman–Crippen LogP) is 4.37. The summed E-state index contributed by atoms with van der Waals surface area (Å²) in [6.45, 7) is 7.70. The average molecular weight is 334 g/mol. The van der Waals surface area contributed by atoms with E-state index in [0.29, 0.717) is 4.48 Å². The minimum Gasteiger partial charge on any atom is -0.0668 e. The zero-order chi connectivity index (χ0) is 8.20. The molecule has 0 spiro atoms. The van der Waals surface area contributed by atoms with Crippen molar-refractivity contribution in [2.45, 2.75) is 29.4 Å². The molecule has 0 aliphatic rings. The number of unbranched alkanes of at least 4 members (excludes halogenated alkanes) is 1. The Kier molecular flexibility index (Phi) is 5.52. The first kappa shape index (κ1) is 11.2. The normalized spacial score (nSPS) is 11.6. The van der Waals surface area contributed by atoms with Crippen LogP contribution in [-0.4, -0.2) is 3.23 Å². The zero-order valence-electron chi connectivity index (χ0n) is 5.83. The number of allylic oxidation sites excluding steroid dienone is 1. The second kappa shape index (κ2) is 4.94. The van der Waals surface area contributed by atoms with E-state index in [4.69, 9.17) is 6.58 Å². The molecule has 3 heteroatoms. The second-order valence-electron chi connectivity index (χ2n) is 2.16. The Labute approximate surface area is 87.8 Å². The maximum absolute atomic E-state index is 5.55. The number of alkyl halides is 2. The van der Waals surface area contributed by atoms with E-state index in [1.54, 1.807) is 0 Å². The van der Waals surface area contributed by atoms with Gasteiger partial charge in [-0.05, 0) is 13.0 Å². The summed E-state index contributed by atoms with van der Waals surface area (Å²) < 4.78 is 0.490. The molecule has 0 heterocycles. The van der Waals surface area contributed by atoms with Crippen LogP contribution >= 0.6 is 47.8 Å². The van der Waals surface area contributed by atoms with Crippen molar-refractivity contribution >= 4 is 47.8 Å². The van der Waals surface area contributed by atoms with Crippen molar-refractivity contribution in [1.29, 1.82) is 0 Å². The fourth-order valence-electron chi connectivity index (χ4n) is 0.518. The molecule has 0 amide bonds. The minimum atomic E-state index is -0.212. The van der Waals surface area contributed by atoms with Crippen LogP contribution < -0.4 is 0 Å². The van der Waals surface area contributed by atoms with Crippen molar-refractivity contribution in [2.75, 3.05) is 0 Å². The molecule has 0 aliphatic carbocycles. The molecular formula is C7H10Br3. The molecule has 0 nitrogen and oxygen atoms in total. The maximum Gasteiger partial charge on any atom is 0.112 e. The Balaban J connectivity index is 3.75. The van der Waals surface area contributed by atoms with Gasteiger partial charge >= 0.3 is 0 Å². The third-order valence-corrected chi connectivity index (χ3v) is 4.58. The summed E-state index contributed by atoms with van der Waals surface area (Å²) in [6, 6.07) is 0. The molecule has 0 unspecified atom stereocenters. The first-order chi connectivity index (χ1) is 4.50. The first-order valence-corrected chi connectivity index (χ1v) is 5.55. The van der Waals surface area contributed by atoms with Gasteiger partial charge in [-0.15, -0.1) is 0 Å². The van der Waals surface area contributed by atoms with E-state index < -0.39 is 0 Å². The fourth-order valence-corrected chi connectivity index (χ4v) is 1.28. The molecule has 0 aliphatic heterocycles. The molecule has 1 radical (unpaired) electrons. The summed E-state index contributed by atoms with van der Waals surface area (Å²) in [5.41, 5.74) is 0. The van der Waals surface area contributed by atoms with E-state index in [2.05, 4.69) is 54.7 Å². The van der Waals surface area contributed by atoms with Crippen molar-refractivity contribution in [3.8, 4) is 0 Å². The summed E-state index contributed by atoms with van der Waals surface area (Å²) in [6.07, 6.45) is 3.34. The van der Waals surface area contributed by atoms with Crippen LogP contribution in [0.3, 0.4) is 0 Å². The zero-order valence-corrected chi connectivity index (χ0v) is 10.6. The number of halogens is 3. The standard InChI is InChI=1S/C7H10Br3/c1-3-4-5-7(9,10)6(2)8/h2H,3-5H2,1H3. The van der Waals surface area contributed by atoms with Gasteiger partial charge in [-0.25, -0.2) is 0 Å². The van der Waals surface area contributed by atoms with Gasteiger partial charge in [0.2, 0.25) is 0 Å². The SMILES string of the molecule is [CH]=C(Br)C(Br)(Br)CCCC. The van der Waals surface area contributed by atoms with Crippen LogP contribution in [0.1, 0.15) is 26.2 Å². The predicted molar refractivity (Wildman–Crippen MR) is 56.9 cm³/mol. The molecule has 0 aromatic rings. The highest BCUT2D eigenvalue weighted by Crippen LogP contribution is 2.41. The summed E-state index contributed by atoms with van der Waals surface area (Å²) in [7, 11) is 0. The monoisotopic (exact) mass is 331 g/mol. The molecule has 10 heavy (non-hydrogen) atoms. The van der Waals surface area contributed by atoms with Crippen LogP contribution in [-0.2, 0) is 0 Å². The van der Waals surface area contributed by atoms with E-state index in [-0.39, 0.29) is 3.23 Å². The van der Waals surface area contributed by atoms with Gasteiger partial charge in [0, 0.05) is 4.48 Å². The topological polar surface area (TPSA) is 0 Å². The van der Waals surface area contributed by atoms with E-state index in [1.165, 1.54) is 6.42 Å². The molecule has 59 valence electrons. The third kappa shape index (κ3) is 4.14. The second-order valence-corrected chi connectivity index (χ2v) is 6.78.